The lowest BCUT2D eigenvalue weighted by Gasteiger charge is -2.40. The summed E-state index contributed by atoms with van der Waals surface area (Å²) >= 11 is 0. The predicted molar refractivity (Wildman–Crippen MR) is 84.3 cm³/mol. The summed E-state index contributed by atoms with van der Waals surface area (Å²) < 4.78 is 4.99. The van der Waals surface area contributed by atoms with Gasteiger partial charge in [0.15, 0.2) is 0 Å². The van der Waals surface area contributed by atoms with Gasteiger partial charge in [-0.15, -0.1) is 0 Å². The van der Waals surface area contributed by atoms with Crippen LogP contribution in [0.5, 0.6) is 0 Å². The van der Waals surface area contributed by atoms with E-state index in [1.807, 2.05) is 37.4 Å². The highest BCUT2D eigenvalue weighted by Crippen LogP contribution is 2.25. The van der Waals surface area contributed by atoms with Crippen molar-refractivity contribution in [3.05, 3.63) is 35.9 Å². The fraction of sp³-hybridized carbons (Fsp3) is 0.588. The van der Waals surface area contributed by atoms with Gasteiger partial charge in [0, 0.05) is 12.1 Å². The maximum absolute atomic E-state index is 12.1. The van der Waals surface area contributed by atoms with Crippen molar-refractivity contribution in [2.24, 2.45) is 0 Å². The van der Waals surface area contributed by atoms with Crippen molar-refractivity contribution in [3.63, 3.8) is 0 Å². The van der Waals surface area contributed by atoms with E-state index in [2.05, 4.69) is 17.1 Å². The highest BCUT2D eigenvalue weighted by molar-refractivity contribution is 5.78. The molecule has 1 fully saturated rings. The molecule has 0 spiro atoms. The van der Waals surface area contributed by atoms with Gasteiger partial charge in [0.05, 0.1) is 13.0 Å². The van der Waals surface area contributed by atoms with Crippen LogP contribution in [0.1, 0.15) is 31.2 Å². The van der Waals surface area contributed by atoms with Gasteiger partial charge in [0.2, 0.25) is 0 Å². The highest BCUT2D eigenvalue weighted by atomic mass is 16.5. The molecule has 1 aliphatic rings. The summed E-state index contributed by atoms with van der Waals surface area (Å²) in [6, 6.07) is 9.92. The topological polar surface area (TPSA) is 41.6 Å². The molecule has 0 aromatic heterocycles. The van der Waals surface area contributed by atoms with Gasteiger partial charge in [0.1, 0.15) is 0 Å². The minimum absolute atomic E-state index is 0.150. The van der Waals surface area contributed by atoms with Crippen molar-refractivity contribution >= 4 is 5.97 Å². The van der Waals surface area contributed by atoms with Crippen LogP contribution in [-0.4, -0.2) is 50.2 Å². The van der Waals surface area contributed by atoms with E-state index in [9.17, 15) is 4.79 Å². The molecule has 2 rings (SSSR count). The highest BCUT2D eigenvalue weighted by Gasteiger charge is 2.31. The summed E-state index contributed by atoms with van der Waals surface area (Å²) in [5.74, 6) is -0.349. The van der Waals surface area contributed by atoms with Crippen LogP contribution in [0, 0.1) is 0 Å². The molecule has 0 amide bonds. The first-order chi connectivity index (χ1) is 10.1. The van der Waals surface area contributed by atoms with E-state index in [4.69, 9.17) is 4.74 Å². The van der Waals surface area contributed by atoms with Crippen molar-refractivity contribution in [2.75, 3.05) is 33.8 Å². The Hall–Kier alpha value is -1.39. The number of carbonyl (C=O) groups excluding carboxylic acids is 1. The number of likely N-dealkylation sites (tertiary alicyclic amines) is 1. The van der Waals surface area contributed by atoms with Crippen molar-refractivity contribution in [3.8, 4) is 0 Å². The molecule has 1 saturated heterocycles. The second-order valence-electron chi connectivity index (χ2n) is 6.10. The van der Waals surface area contributed by atoms with Crippen molar-refractivity contribution in [2.45, 2.75) is 31.2 Å². The zero-order valence-corrected chi connectivity index (χ0v) is 13.3. The minimum Gasteiger partial charge on any atom is -0.469 e. The molecule has 0 aliphatic carbocycles. The van der Waals surface area contributed by atoms with Crippen LogP contribution in [0.15, 0.2) is 30.3 Å². The summed E-state index contributed by atoms with van der Waals surface area (Å²) in [5.41, 5.74) is 1.26. The number of methoxy groups -OCH3 is 1. The average Bonchev–Trinajstić information content (AvgIpc) is 2.54. The van der Waals surface area contributed by atoms with Crippen LogP contribution >= 0.6 is 0 Å². The van der Waals surface area contributed by atoms with E-state index >= 15 is 0 Å². The average molecular weight is 290 g/mol. The zero-order chi connectivity index (χ0) is 15.3. The van der Waals surface area contributed by atoms with Crippen molar-refractivity contribution < 1.29 is 9.53 Å². The Bertz CT molecular complexity index is 453. The molecular formula is C17H26N2O2. The van der Waals surface area contributed by atoms with Gasteiger partial charge in [-0.3, -0.25) is 4.79 Å². The number of benzene rings is 1. The molecule has 1 aliphatic heterocycles. The number of nitrogens with zero attached hydrogens (tertiary/aromatic N) is 1. The normalized spacial score (nSPS) is 20.0. The molecule has 116 valence electrons. The van der Waals surface area contributed by atoms with Gasteiger partial charge < -0.3 is 15.0 Å². The largest absolute Gasteiger partial charge is 0.469 e. The number of rotatable bonds is 5. The fourth-order valence-electron chi connectivity index (χ4n) is 2.88. The molecule has 1 atom stereocenters. The monoisotopic (exact) mass is 290 g/mol. The van der Waals surface area contributed by atoms with E-state index in [0.29, 0.717) is 0 Å². The van der Waals surface area contributed by atoms with Crippen LogP contribution < -0.4 is 5.32 Å². The maximum Gasteiger partial charge on any atom is 0.314 e. The summed E-state index contributed by atoms with van der Waals surface area (Å²) in [6.07, 6.45) is 2.21. The fourth-order valence-corrected chi connectivity index (χ4v) is 2.88. The Balaban J connectivity index is 2.02. The second-order valence-corrected chi connectivity index (χ2v) is 6.10. The molecule has 0 saturated carbocycles. The summed E-state index contributed by atoms with van der Waals surface area (Å²) in [4.78, 5) is 14.5. The number of hydrogen-bond acceptors (Lipinski definition) is 4. The Morgan fingerprint density at radius 2 is 1.95 bits per heavy atom. The summed E-state index contributed by atoms with van der Waals surface area (Å²) in [6.45, 7) is 5.02. The number of hydrogen-bond donors (Lipinski definition) is 1. The number of carbonyl (C=O) groups is 1. The molecule has 1 heterocycles. The van der Waals surface area contributed by atoms with Crippen LogP contribution in [0.25, 0.3) is 0 Å². The van der Waals surface area contributed by atoms with Gasteiger partial charge in [-0.25, -0.2) is 0 Å². The van der Waals surface area contributed by atoms with E-state index in [1.165, 1.54) is 7.11 Å². The first kappa shape index (κ1) is 16.0. The first-order valence-electron chi connectivity index (χ1n) is 7.62. The van der Waals surface area contributed by atoms with Gasteiger partial charge in [-0.2, -0.15) is 0 Å². The molecule has 0 radical (unpaired) electrons. The summed E-state index contributed by atoms with van der Waals surface area (Å²) in [7, 11) is 3.49. The zero-order valence-electron chi connectivity index (χ0n) is 13.3. The summed E-state index contributed by atoms with van der Waals surface area (Å²) in [5, 5.41) is 3.40. The molecule has 21 heavy (non-hydrogen) atoms. The number of esters is 1. The third kappa shape index (κ3) is 4.05. The molecule has 4 heteroatoms. The minimum atomic E-state index is -0.199. The SMILES string of the molecule is CNC1(C)CCN(CC(C(=O)OC)c2ccccc2)CC1. The maximum atomic E-state index is 12.1. The van der Waals surface area contributed by atoms with Crippen LogP contribution in [-0.2, 0) is 9.53 Å². The van der Waals surface area contributed by atoms with E-state index in [-0.39, 0.29) is 17.4 Å². The smallest absolute Gasteiger partial charge is 0.314 e. The van der Waals surface area contributed by atoms with Gasteiger partial charge in [-0.05, 0) is 45.5 Å². The van der Waals surface area contributed by atoms with E-state index < -0.39 is 0 Å². The third-order valence-electron chi connectivity index (χ3n) is 4.69. The van der Waals surface area contributed by atoms with Crippen LogP contribution in [0.3, 0.4) is 0 Å². The lowest BCUT2D eigenvalue weighted by Crippen LogP contribution is -2.50. The Labute approximate surface area is 127 Å². The Kier molecular flexibility index (Phi) is 5.37. The Morgan fingerprint density at radius 1 is 1.33 bits per heavy atom. The van der Waals surface area contributed by atoms with E-state index in [1.54, 1.807) is 0 Å². The van der Waals surface area contributed by atoms with Crippen molar-refractivity contribution in [1.82, 2.24) is 10.2 Å². The number of nitrogens with one attached hydrogen (secondary N) is 1. The molecule has 1 aromatic carbocycles. The van der Waals surface area contributed by atoms with Gasteiger partial charge >= 0.3 is 5.97 Å². The molecular weight excluding hydrogens is 264 g/mol. The van der Waals surface area contributed by atoms with Gasteiger partial charge in [0.25, 0.3) is 0 Å². The molecule has 1 unspecified atom stereocenters. The number of ether oxygens (including phenoxy) is 1. The second kappa shape index (κ2) is 7.05. The van der Waals surface area contributed by atoms with Crippen LogP contribution in [0.2, 0.25) is 0 Å². The quantitative estimate of drug-likeness (QED) is 0.842. The molecule has 0 bridgehead atoms. The number of piperidine rings is 1. The van der Waals surface area contributed by atoms with Crippen molar-refractivity contribution in [1.29, 1.82) is 0 Å². The third-order valence-corrected chi connectivity index (χ3v) is 4.69. The molecule has 1 aromatic rings. The standard InChI is InChI=1S/C17H26N2O2/c1-17(18-2)9-11-19(12-10-17)13-15(16(20)21-3)14-7-5-4-6-8-14/h4-8,15,18H,9-13H2,1-3H3. The molecule has 1 N–H and O–H groups in total. The van der Waals surface area contributed by atoms with Crippen LogP contribution in [0.4, 0.5) is 0 Å². The predicted octanol–water partition coefficient (Wildman–Crippen LogP) is 2.02. The lowest BCUT2D eigenvalue weighted by molar-refractivity contribution is -0.143. The van der Waals surface area contributed by atoms with Gasteiger partial charge in [-0.1, -0.05) is 30.3 Å². The van der Waals surface area contributed by atoms with E-state index in [0.717, 1.165) is 38.0 Å². The Morgan fingerprint density at radius 3 is 2.48 bits per heavy atom. The lowest BCUT2D eigenvalue weighted by atomic mass is 9.89. The molecule has 4 nitrogen and oxygen atoms in total. The first-order valence-corrected chi connectivity index (χ1v) is 7.62.